The second kappa shape index (κ2) is 10.5. The van der Waals surface area contributed by atoms with Crippen molar-refractivity contribution >= 4 is 51.2 Å². The number of esters is 1. The Bertz CT molecular complexity index is 1660. The Hall–Kier alpha value is -5.30. The SMILES string of the molecule is O=C(N/N=C/c1c(OC(=O)c2ccccc2)ccc2ccccc12)C(=O)Nc1cccc2ccccc12. The van der Waals surface area contributed by atoms with Gasteiger partial charge in [-0.3, -0.25) is 9.59 Å². The molecule has 0 aromatic heterocycles. The summed E-state index contributed by atoms with van der Waals surface area (Å²) in [7, 11) is 0. The van der Waals surface area contributed by atoms with Gasteiger partial charge in [0.25, 0.3) is 0 Å². The third-order valence-electron chi connectivity index (χ3n) is 5.75. The molecule has 7 nitrogen and oxygen atoms in total. The number of hydrazone groups is 1. The summed E-state index contributed by atoms with van der Waals surface area (Å²) in [5, 5.41) is 10.0. The van der Waals surface area contributed by atoms with Gasteiger partial charge in [-0.25, -0.2) is 10.2 Å². The highest BCUT2D eigenvalue weighted by Gasteiger charge is 2.16. The zero-order valence-electron chi connectivity index (χ0n) is 19.5. The van der Waals surface area contributed by atoms with Crippen molar-refractivity contribution in [2.75, 3.05) is 5.32 Å². The molecule has 0 unspecified atom stereocenters. The molecule has 180 valence electrons. The van der Waals surface area contributed by atoms with Crippen molar-refractivity contribution in [3.8, 4) is 5.75 Å². The molecule has 0 aliphatic carbocycles. The number of benzene rings is 5. The smallest absolute Gasteiger partial charge is 0.343 e. The molecule has 0 radical (unpaired) electrons. The van der Waals surface area contributed by atoms with Gasteiger partial charge in [-0.05, 0) is 40.4 Å². The Morgan fingerprint density at radius 1 is 0.649 bits per heavy atom. The van der Waals surface area contributed by atoms with Crippen LogP contribution >= 0.6 is 0 Å². The van der Waals surface area contributed by atoms with Crippen LogP contribution in [0.25, 0.3) is 21.5 Å². The van der Waals surface area contributed by atoms with Gasteiger partial charge in [0.2, 0.25) is 0 Å². The lowest BCUT2D eigenvalue weighted by Crippen LogP contribution is -2.32. The van der Waals surface area contributed by atoms with Gasteiger partial charge in [0.15, 0.2) is 0 Å². The third kappa shape index (κ3) is 5.21. The molecular weight excluding hydrogens is 466 g/mol. The van der Waals surface area contributed by atoms with Gasteiger partial charge in [0.1, 0.15) is 5.75 Å². The summed E-state index contributed by atoms with van der Waals surface area (Å²) in [4.78, 5) is 37.6. The number of amides is 2. The zero-order valence-corrected chi connectivity index (χ0v) is 19.5. The molecule has 0 saturated heterocycles. The van der Waals surface area contributed by atoms with Crippen LogP contribution in [-0.4, -0.2) is 24.0 Å². The minimum absolute atomic E-state index is 0.269. The molecule has 0 bridgehead atoms. The fourth-order valence-electron chi connectivity index (χ4n) is 3.95. The van der Waals surface area contributed by atoms with Gasteiger partial charge in [-0.15, -0.1) is 0 Å². The minimum Gasteiger partial charge on any atom is -0.422 e. The summed E-state index contributed by atoms with van der Waals surface area (Å²) in [6.45, 7) is 0. The van der Waals surface area contributed by atoms with Crippen LogP contribution in [0.5, 0.6) is 5.75 Å². The van der Waals surface area contributed by atoms with Crippen LogP contribution in [0.1, 0.15) is 15.9 Å². The predicted molar refractivity (Wildman–Crippen MR) is 144 cm³/mol. The summed E-state index contributed by atoms with van der Waals surface area (Å²) in [5.74, 6) is -2.05. The van der Waals surface area contributed by atoms with E-state index in [1.54, 1.807) is 42.5 Å². The zero-order chi connectivity index (χ0) is 25.6. The van der Waals surface area contributed by atoms with Crippen molar-refractivity contribution in [3.05, 3.63) is 120 Å². The molecule has 5 aromatic rings. The van der Waals surface area contributed by atoms with Crippen molar-refractivity contribution < 1.29 is 19.1 Å². The van der Waals surface area contributed by atoms with Crippen molar-refractivity contribution in [3.63, 3.8) is 0 Å². The molecule has 0 heterocycles. The molecule has 37 heavy (non-hydrogen) atoms. The van der Waals surface area contributed by atoms with E-state index < -0.39 is 17.8 Å². The molecule has 0 aliphatic rings. The first-order valence-corrected chi connectivity index (χ1v) is 11.5. The molecule has 0 saturated carbocycles. The van der Waals surface area contributed by atoms with E-state index in [-0.39, 0.29) is 5.75 Å². The number of ether oxygens (including phenoxy) is 1. The van der Waals surface area contributed by atoms with E-state index in [4.69, 9.17) is 4.74 Å². The van der Waals surface area contributed by atoms with Gasteiger partial charge in [-0.1, -0.05) is 84.9 Å². The average molecular weight is 488 g/mol. The standard InChI is InChI=1S/C30H21N3O4/c34-28(32-26-16-8-13-20-9-5-7-15-24(20)26)29(35)33-31-19-25-23-14-6-4-10-21(23)17-18-27(25)37-30(36)22-11-2-1-3-12-22/h1-19H,(H,32,34)(H,33,35)/b31-19+. The topological polar surface area (TPSA) is 96.9 Å². The highest BCUT2D eigenvalue weighted by atomic mass is 16.5. The fourth-order valence-corrected chi connectivity index (χ4v) is 3.95. The van der Waals surface area contributed by atoms with E-state index in [2.05, 4.69) is 15.8 Å². The minimum atomic E-state index is -0.938. The Morgan fingerprint density at radius 2 is 1.30 bits per heavy atom. The molecule has 5 aromatic carbocycles. The van der Waals surface area contributed by atoms with E-state index in [0.717, 1.165) is 21.5 Å². The molecule has 0 spiro atoms. The number of fused-ring (bicyclic) bond motifs is 2. The van der Waals surface area contributed by atoms with E-state index in [9.17, 15) is 14.4 Å². The summed E-state index contributed by atoms with van der Waals surface area (Å²) in [6, 6.07) is 32.6. The number of nitrogens with one attached hydrogen (secondary N) is 2. The molecule has 0 aliphatic heterocycles. The largest absolute Gasteiger partial charge is 0.422 e. The number of carbonyl (C=O) groups is 3. The maximum absolute atomic E-state index is 12.7. The molecule has 5 rings (SSSR count). The lowest BCUT2D eigenvalue weighted by Gasteiger charge is -2.11. The van der Waals surface area contributed by atoms with Crippen LogP contribution in [0, 0.1) is 0 Å². The molecule has 7 heteroatoms. The van der Waals surface area contributed by atoms with Crippen molar-refractivity contribution in [1.82, 2.24) is 5.43 Å². The molecule has 2 amide bonds. The lowest BCUT2D eigenvalue weighted by molar-refractivity contribution is -0.136. The van der Waals surface area contributed by atoms with Gasteiger partial charge in [0.05, 0.1) is 11.8 Å². The number of rotatable bonds is 5. The average Bonchev–Trinajstić information content (AvgIpc) is 2.94. The first-order chi connectivity index (χ1) is 18.1. The van der Waals surface area contributed by atoms with Crippen molar-refractivity contribution in [1.29, 1.82) is 0 Å². The van der Waals surface area contributed by atoms with E-state index in [1.807, 2.05) is 66.7 Å². The Labute approximate surface area is 212 Å². The van der Waals surface area contributed by atoms with Crippen LogP contribution in [0.2, 0.25) is 0 Å². The molecule has 0 fully saturated rings. The molecular formula is C30H21N3O4. The van der Waals surface area contributed by atoms with Crippen LogP contribution in [0.3, 0.4) is 0 Å². The van der Waals surface area contributed by atoms with Crippen LogP contribution in [0.4, 0.5) is 5.69 Å². The lowest BCUT2D eigenvalue weighted by atomic mass is 10.0. The number of carbonyl (C=O) groups excluding carboxylic acids is 3. The van der Waals surface area contributed by atoms with Crippen molar-refractivity contribution in [2.45, 2.75) is 0 Å². The van der Waals surface area contributed by atoms with Crippen LogP contribution < -0.4 is 15.5 Å². The van der Waals surface area contributed by atoms with Gasteiger partial charge >= 0.3 is 17.8 Å². The first-order valence-electron chi connectivity index (χ1n) is 11.5. The fraction of sp³-hybridized carbons (Fsp3) is 0. The summed E-state index contributed by atoms with van der Waals surface area (Å²) >= 11 is 0. The quantitative estimate of drug-likeness (QED) is 0.116. The predicted octanol–water partition coefficient (Wildman–Crippen LogP) is 5.30. The van der Waals surface area contributed by atoms with Gasteiger partial charge < -0.3 is 10.1 Å². The summed E-state index contributed by atoms with van der Waals surface area (Å²) in [6.07, 6.45) is 1.36. The van der Waals surface area contributed by atoms with E-state index >= 15 is 0 Å². The third-order valence-corrected chi connectivity index (χ3v) is 5.75. The highest BCUT2D eigenvalue weighted by Crippen LogP contribution is 2.27. The number of nitrogens with zero attached hydrogens (tertiary/aromatic N) is 1. The Balaban J connectivity index is 1.35. The Kier molecular flexibility index (Phi) is 6.67. The number of hydrogen-bond donors (Lipinski definition) is 2. The van der Waals surface area contributed by atoms with Crippen molar-refractivity contribution in [2.24, 2.45) is 5.10 Å². The van der Waals surface area contributed by atoms with E-state index in [0.29, 0.717) is 16.8 Å². The molecule has 2 N–H and O–H groups in total. The van der Waals surface area contributed by atoms with Crippen LogP contribution in [-0.2, 0) is 9.59 Å². The van der Waals surface area contributed by atoms with Gasteiger partial charge in [-0.2, -0.15) is 5.10 Å². The van der Waals surface area contributed by atoms with E-state index in [1.165, 1.54) is 6.21 Å². The Morgan fingerprint density at radius 3 is 2.08 bits per heavy atom. The summed E-state index contributed by atoms with van der Waals surface area (Å²) < 4.78 is 5.64. The monoisotopic (exact) mass is 487 g/mol. The highest BCUT2D eigenvalue weighted by molar-refractivity contribution is 6.40. The maximum Gasteiger partial charge on any atom is 0.343 e. The second-order valence-electron chi connectivity index (χ2n) is 8.13. The summed E-state index contributed by atoms with van der Waals surface area (Å²) in [5.41, 5.74) is 3.66. The number of hydrogen-bond acceptors (Lipinski definition) is 5. The van der Waals surface area contributed by atoms with Crippen LogP contribution in [0.15, 0.2) is 114 Å². The van der Waals surface area contributed by atoms with Gasteiger partial charge in [0, 0.05) is 16.6 Å². The maximum atomic E-state index is 12.7. The first kappa shape index (κ1) is 23.4. The molecule has 0 atom stereocenters. The normalized spacial score (nSPS) is 10.9. The second-order valence-corrected chi connectivity index (χ2v) is 8.13. The number of anilines is 1.